The maximum atomic E-state index is 3.83. The van der Waals surface area contributed by atoms with Crippen molar-refractivity contribution < 1.29 is 0 Å². The van der Waals surface area contributed by atoms with Crippen LogP contribution in [-0.2, 0) is 0 Å². The van der Waals surface area contributed by atoms with Gasteiger partial charge in [-0.25, -0.2) is 0 Å². The van der Waals surface area contributed by atoms with E-state index in [9.17, 15) is 0 Å². The molecule has 0 saturated heterocycles. The van der Waals surface area contributed by atoms with E-state index >= 15 is 0 Å². The molecule has 1 N–H and O–H groups in total. The summed E-state index contributed by atoms with van der Waals surface area (Å²) in [5, 5.41) is 3.83. The normalized spacial score (nSPS) is 14.3. The number of hydrogen-bond acceptors (Lipinski definition) is 1. The fourth-order valence-electron chi connectivity index (χ4n) is 5.33. The van der Waals surface area contributed by atoms with Crippen molar-refractivity contribution in [2.24, 2.45) is 0 Å². The van der Waals surface area contributed by atoms with E-state index in [0.717, 1.165) is 13.1 Å². The molecular weight excluding hydrogens is 350 g/mol. The molecule has 0 bridgehead atoms. The molecule has 0 unspecified atom stereocenters. The van der Waals surface area contributed by atoms with Gasteiger partial charge in [0.25, 0.3) is 0 Å². The summed E-state index contributed by atoms with van der Waals surface area (Å²) < 4.78 is 0. The van der Waals surface area contributed by atoms with Crippen LogP contribution in [0.15, 0.2) is 97.1 Å². The van der Waals surface area contributed by atoms with Gasteiger partial charge in [0.15, 0.2) is 0 Å². The summed E-state index contributed by atoms with van der Waals surface area (Å²) in [6.07, 6.45) is 0. The summed E-state index contributed by atoms with van der Waals surface area (Å²) in [7, 11) is 0. The van der Waals surface area contributed by atoms with Crippen molar-refractivity contribution in [3.05, 3.63) is 119 Å². The number of nitrogens with one attached hydrogen (secondary N) is 1. The largest absolute Gasteiger partial charge is 0.315 e. The van der Waals surface area contributed by atoms with Gasteiger partial charge in [-0.05, 0) is 44.5 Å². The molecule has 29 heavy (non-hydrogen) atoms. The average molecular weight is 373 g/mol. The molecule has 0 heterocycles. The highest BCUT2D eigenvalue weighted by Crippen LogP contribution is 2.46. The minimum absolute atomic E-state index is 0.425. The second kappa shape index (κ2) is 6.72. The Bertz CT molecular complexity index is 1020. The average Bonchev–Trinajstić information content (AvgIpc) is 3.28. The van der Waals surface area contributed by atoms with Gasteiger partial charge in [0.2, 0.25) is 0 Å². The summed E-state index contributed by atoms with van der Waals surface area (Å²) >= 11 is 0. The highest BCUT2D eigenvalue weighted by atomic mass is 14.9. The van der Waals surface area contributed by atoms with Crippen LogP contribution in [0.1, 0.15) is 34.1 Å². The van der Waals surface area contributed by atoms with Gasteiger partial charge in [-0.2, -0.15) is 0 Å². The quantitative estimate of drug-likeness (QED) is 0.449. The van der Waals surface area contributed by atoms with E-state index in [4.69, 9.17) is 0 Å². The predicted octanol–water partition coefficient (Wildman–Crippen LogP) is 6.20. The zero-order valence-electron chi connectivity index (χ0n) is 16.3. The lowest BCUT2D eigenvalue weighted by molar-refractivity contribution is 0.611. The van der Waals surface area contributed by atoms with Crippen LogP contribution in [0.2, 0.25) is 0 Å². The fourth-order valence-corrected chi connectivity index (χ4v) is 5.33. The Kier molecular flexibility index (Phi) is 3.88. The topological polar surface area (TPSA) is 12.0 Å². The maximum Gasteiger partial charge on any atom is 0.0227 e. The Morgan fingerprint density at radius 3 is 1.00 bits per heavy atom. The summed E-state index contributed by atoms with van der Waals surface area (Å²) in [6, 6.07) is 35.5. The van der Waals surface area contributed by atoms with E-state index in [1.165, 1.54) is 44.5 Å². The van der Waals surface area contributed by atoms with Gasteiger partial charge in [0.05, 0.1) is 0 Å². The van der Waals surface area contributed by atoms with Crippen molar-refractivity contribution in [2.75, 3.05) is 13.1 Å². The highest BCUT2D eigenvalue weighted by Gasteiger charge is 2.30. The number of benzene rings is 4. The van der Waals surface area contributed by atoms with E-state index in [-0.39, 0.29) is 0 Å². The minimum atomic E-state index is 0.425. The standard InChI is InChI=1S/C28H23N/c1-5-13-23-19(9-1)20-10-2-6-14-24(20)27(23)17-29-18-28-25-15-7-3-11-21(25)22-12-4-8-16-26(22)28/h1-16,27-29H,17-18H2. The number of hydrogen-bond donors (Lipinski definition) is 1. The predicted molar refractivity (Wildman–Crippen MR) is 120 cm³/mol. The van der Waals surface area contributed by atoms with Gasteiger partial charge in [0, 0.05) is 24.9 Å². The molecule has 4 aromatic rings. The second-order valence-corrected chi connectivity index (χ2v) is 8.11. The molecule has 0 aliphatic heterocycles. The van der Waals surface area contributed by atoms with Crippen LogP contribution in [0.5, 0.6) is 0 Å². The van der Waals surface area contributed by atoms with Crippen LogP contribution in [-0.4, -0.2) is 13.1 Å². The third-order valence-corrected chi connectivity index (χ3v) is 6.62. The minimum Gasteiger partial charge on any atom is -0.315 e. The maximum absolute atomic E-state index is 3.83. The van der Waals surface area contributed by atoms with Crippen molar-refractivity contribution in [2.45, 2.75) is 11.8 Å². The zero-order valence-corrected chi connectivity index (χ0v) is 16.3. The van der Waals surface area contributed by atoms with E-state index in [0.29, 0.717) is 11.8 Å². The van der Waals surface area contributed by atoms with Gasteiger partial charge < -0.3 is 5.32 Å². The first-order valence-electron chi connectivity index (χ1n) is 10.5. The molecule has 0 spiro atoms. The van der Waals surface area contributed by atoms with Crippen molar-refractivity contribution in [3.63, 3.8) is 0 Å². The first-order chi connectivity index (χ1) is 14.4. The van der Waals surface area contributed by atoms with Crippen LogP contribution in [0.4, 0.5) is 0 Å². The molecule has 0 saturated carbocycles. The van der Waals surface area contributed by atoms with Gasteiger partial charge in [-0.15, -0.1) is 0 Å². The third-order valence-electron chi connectivity index (χ3n) is 6.62. The lowest BCUT2D eigenvalue weighted by Gasteiger charge is -2.18. The first kappa shape index (κ1) is 16.8. The third kappa shape index (κ3) is 2.58. The molecule has 1 nitrogen and oxygen atoms in total. The van der Waals surface area contributed by atoms with Crippen LogP contribution < -0.4 is 5.32 Å². The van der Waals surface area contributed by atoms with E-state index in [2.05, 4.69) is 102 Å². The molecule has 6 rings (SSSR count). The Labute approximate surface area is 172 Å². The molecule has 0 fully saturated rings. The summed E-state index contributed by atoms with van der Waals surface area (Å²) in [5.41, 5.74) is 11.4. The van der Waals surface area contributed by atoms with Crippen LogP contribution in [0.25, 0.3) is 22.3 Å². The summed E-state index contributed by atoms with van der Waals surface area (Å²) in [5.74, 6) is 0.851. The van der Waals surface area contributed by atoms with Gasteiger partial charge in [-0.1, -0.05) is 97.1 Å². The molecule has 2 aliphatic rings. The molecule has 4 aromatic carbocycles. The van der Waals surface area contributed by atoms with E-state index in [1.807, 2.05) is 0 Å². The molecular formula is C28H23N. The smallest absolute Gasteiger partial charge is 0.0227 e. The monoisotopic (exact) mass is 373 g/mol. The lowest BCUT2D eigenvalue weighted by Crippen LogP contribution is -2.26. The van der Waals surface area contributed by atoms with Crippen molar-refractivity contribution in [3.8, 4) is 22.3 Å². The number of rotatable bonds is 4. The van der Waals surface area contributed by atoms with Crippen LogP contribution in [0, 0.1) is 0 Å². The fraction of sp³-hybridized carbons (Fsp3) is 0.143. The molecule has 2 aliphatic carbocycles. The highest BCUT2D eigenvalue weighted by molar-refractivity contribution is 5.80. The van der Waals surface area contributed by atoms with Gasteiger partial charge in [0.1, 0.15) is 0 Å². The Balaban J connectivity index is 1.28. The first-order valence-corrected chi connectivity index (χ1v) is 10.5. The van der Waals surface area contributed by atoms with Crippen LogP contribution >= 0.6 is 0 Å². The van der Waals surface area contributed by atoms with Crippen molar-refractivity contribution in [1.29, 1.82) is 0 Å². The zero-order chi connectivity index (χ0) is 19.2. The SMILES string of the molecule is c1ccc2c(c1)-c1ccccc1C2CNCC1c2ccccc2-c2ccccc21. The van der Waals surface area contributed by atoms with Gasteiger partial charge >= 0.3 is 0 Å². The summed E-state index contributed by atoms with van der Waals surface area (Å²) in [4.78, 5) is 0. The summed E-state index contributed by atoms with van der Waals surface area (Å²) in [6.45, 7) is 1.93. The van der Waals surface area contributed by atoms with Crippen molar-refractivity contribution >= 4 is 0 Å². The Hall–Kier alpha value is -3.16. The Morgan fingerprint density at radius 1 is 0.414 bits per heavy atom. The van der Waals surface area contributed by atoms with Crippen molar-refractivity contribution in [1.82, 2.24) is 5.32 Å². The number of fused-ring (bicyclic) bond motifs is 6. The van der Waals surface area contributed by atoms with E-state index in [1.54, 1.807) is 0 Å². The molecule has 0 radical (unpaired) electrons. The van der Waals surface area contributed by atoms with Gasteiger partial charge in [-0.3, -0.25) is 0 Å². The molecule has 1 heteroatoms. The molecule has 140 valence electrons. The molecule has 0 atom stereocenters. The van der Waals surface area contributed by atoms with Crippen LogP contribution in [0.3, 0.4) is 0 Å². The van der Waals surface area contributed by atoms with E-state index < -0.39 is 0 Å². The molecule has 0 aromatic heterocycles. The molecule has 0 amide bonds. The Morgan fingerprint density at radius 2 is 0.690 bits per heavy atom. The second-order valence-electron chi connectivity index (χ2n) is 8.11. The lowest BCUT2D eigenvalue weighted by atomic mass is 9.94.